The van der Waals surface area contributed by atoms with Gasteiger partial charge in [-0.3, -0.25) is 4.79 Å². The van der Waals surface area contributed by atoms with Crippen LogP contribution < -0.4 is 10.6 Å². The van der Waals surface area contributed by atoms with Gasteiger partial charge in [-0.2, -0.15) is 18.3 Å². The van der Waals surface area contributed by atoms with E-state index in [1.807, 2.05) is 0 Å². The van der Waals surface area contributed by atoms with Gasteiger partial charge < -0.3 is 10.6 Å². The van der Waals surface area contributed by atoms with Gasteiger partial charge in [0.05, 0.1) is 5.69 Å². The number of alkyl halides is 3. The molecule has 2 aromatic rings. The summed E-state index contributed by atoms with van der Waals surface area (Å²) in [6, 6.07) is 7.38. The molecule has 1 aliphatic heterocycles. The number of rotatable bonds is 3. The number of nitrogens with zero attached hydrogens (tertiary/aromatic N) is 2. The zero-order valence-electron chi connectivity index (χ0n) is 12.8. The average molecular weight is 338 g/mol. The summed E-state index contributed by atoms with van der Waals surface area (Å²) in [7, 11) is 0. The number of amides is 1. The van der Waals surface area contributed by atoms with E-state index in [-0.39, 0.29) is 11.9 Å². The average Bonchev–Trinajstić information content (AvgIpc) is 3.06. The molecule has 1 aliphatic rings. The highest BCUT2D eigenvalue weighted by Gasteiger charge is 2.33. The lowest BCUT2D eigenvalue weighted by Crippen LogP contribution is -2.42. The predicted molar refractivity (Wildman–Crippen MR) is 81.9 cm³/mol. The first kappa shape index (κ1) is 16.5. The Morgan fingerprint density at radius 1 is 1.17 bits per heavy atom. The third-order valence-electron chi connectivity index (χ3n) is 3.95. The summed E-state index contributed by atoms with van der Waals surface area (Å²) >= 11 is 0. The minimum Gasteiger partial charge on any atom is -0.349 e. The number of hydrogen-bond acceptors (Lipinski definition) is 3. The van der Waals surface area contributed by atoms with Gasteiger partial charge in [-0.15, -0.1) is 0 Å². The molecule has 1 aromatic heterocycles. The van der Waals surface area contributed by atoms with Crippen molar-refractivity contribution in [2.45, 2.75) is 25.1 Å². The standard InChI is InChI=1S/C16H17F3N4O/c17-16(18,19)14-7-10-23(22-14)13-3-1-11(2-4-13)15(24)21-12-5-8-20-9-6-12/h1-4,7,10,12,20H,5-6,8-9H2,(H,21,24). The summed E-state index contributed by atoms with van der Waals surface area (Å²) in [5.41, 5.74) is -0.0142. The van der Waals surface area contributed by atoms with Crippen molar-refractivity contribution >= 4 is 5.91 Å². The fraction of sp³-hybridized carbons (Fsp3) is 0.375. The maximum atomic E-state index is 12.6. The van der Waals surface area contributed by atoms with E-state index in [1.165, 1.54) is 6.20 Å². The normalized spacial score (nSPS) is 16.1. The molecule has 0 bridgehead atoms. The Morgan fingerprint density at radius 3 is 2.42 bits per heavy atom. The first-order valence-electron chi connectivity index (χ1n) is 7.68. The number of carbonyl (C=O) groups excluding carboxylic acids is 1. The summed E-state index contributed by atoms with van der Waals surface area (Å²) in [6.45, 7) is 1.76. The molecule has 8 heteroatoms. The van der Waals surface area contributed by atoms with E-state index < -0.39 is 11.9 Å². The van der Waals surface area contributed by atoms with Crippen molar-refractivity contribution in [1.29, 1.82) is 0 Å². The largest absolute Gasteiger partial charge is 0.435 e. The Bertz CT molecular complexity index is 703. The van der Waals surface area contributed by atoms with Crippen LogP contribution >= 0.6 is 0 Å². The first-order chi connectivity index (χ1) is 11.4. The van der Waals surface area contributed by atoms with E-state index in [0.29, 0.717) is 11.3 Å². The van der Waals surface area contributed by atoms with Crippen molar-refractivity contribution in [2.24, 2.45) is 0 Å². The smallest absolute Gasteiger partial charge is 0.349 e. The molecule has 2 heterocycles. The highest BCUT2D eigenvalue weighted by molar-refractivity contribution is 5.94. The molecular weight excluding hydrogens is 321 g/mol. The van der Waals surface area contributed by atoms with Gasteiger partial charge >= 0.3 is 6.18 Å². The minimum atomic E-state index is -4.47. The lowest BCUT2D eigenvalue weighted by Gasteiger charge is -2.23. The summed E-state index contributed by atoms with van der Waals surface area (Å²) in [5, 5.41) is 9.70. The molecule has 0 atom stereocenters. The highest BCUT2D eigenvalue weighted by Crippen LogP contribution is 2.27. The van der Waals surface area contributed by atoms with E-state index in [1.54, 1.807) is 24.3 Å². The zero-order chi connectivity index (χ0) is 17.2. The van der Waals surface area contributed by atoms with Crippen molar-refractivity contribution in [3.05, 3.63) is 47.8 Å². The molecule has 128 valence electrons. The van der Waals surface area contributed by atoms with Gasteiger partial charge in [0.25, 0.3) is 5.91 Å². The molecular formula is C16H17F3N4O. The fourth-order valence-electron chi connectivity index (χ4n) is 2.62. The number of piperidine rings is 1. The van der Waals surface area contributed by atoms with E-state index in [9.17, 15) is 18.0 Å². The minimum absolute atomic E-state index is 0.152. The number of aromatic nitrogens is 2. The summed E-state index contributed by atoms with van der Waals surface area (Å²) in [6.07, 6.45) is -1.46. The van der Waals surface area contributed by atoms with Gasteiger partial charge in [0.15, 0.2) is 5.69 Å². The van der Waals surface area contributed by atoms with Crippen LogP contribution in [0.2, 0.25) is 0 Å². The zero-order valence-corrected chi connectivity index (χ0v) is 12.8. The monoisotopic (exact) mass is 338 g/mol. The van der Waals surface area contributed by atoms with Crippen LogP contribution in [0.5, 0.6) is 0 Å². The van der Waals surface area contributed by atoms with Gasteiger partial charge in [-0.25, -0.2) is 4.68 Å². The van der Waals surface area contributed by atoms with E-state index >= 15 is 0 Å². The van der Waals surface area contributed by atoms with Gasteiger partial charge in [-0.1, -0.05) is 0 Å². The van der Waals surface area contributed by atoms with E-state index in [0.717, 1.165) is 36.7 Å². The molecule has 5 nitrogen and oxygen atoms in total. The number of halogens is 3. The lowest BCUT2D eigenvalue weighted by atomic mass is 10.1. The maximum absolute atomic E-state index is 12.6. The van der Waals surface area contributed by atoms with Crippen molar-refractivity contribution in [3.63, 3.8) is 0 Å². The Morgan fingerprint density at radius 2 is 1.83 bits per heavy atom. The topological polar surface area (TPSA) is 59.0 Å². The lowest BCUT2D eigenvalue weighted by molar-refractivity contribution is -0.141. The fourth-order valence-corrected chi connectivity index (χ4v) is 2.62. The second kappa shape index (κ2) is 6.64. The maximum Gasteiger partial charge on any atom is 0.435 e. The second-order valence-corrected chi connectivity index (χ2v) is 5.69. The van der Waals surface area contributed by atoms with Crippen LogP contribution in [0.1, 0.15) is 28.9 Å². The van der Waals surface area contributed by atoms with Crippen molar-refractivity contribution in [1.82, 2.24) is 20.4 Å². The third kappa shape index (κ3) is 3.76. The Labute approximate surface area is 136 Å². The number of nitrogens with one attached hydrogen (secondary N) is 2. The molecule has 0 saturated carbocycles. The summed E-state index contributed by atoms with van der Waals surface area (Å²) < 4.78 is 38.9. The van der Waals surface area contributed by atoms with E-state index in [2.05, 4.69) is 15.7 Å². The molecule has 1 fully saturated rings. The molecule has 1 amide bonds. The highest BCUT2D eigenvalue weighted by atomic mass is 19.4. The van der Waals surface area contributed by atoms with Crippen LogP contribution in [-0.2, 0) is 6.18 Å². The second-order valence-electron chi connectivity index (χ2n) is 5.69. The van der Waals surface area contributed by atoms with Crippen molar-refractivity contribution in [2.75, 3.05) is 13.1 Å². The van der Waals surface area contributed by atoms with Gasteiger partial charge in [-0.05, 0) is 56.3 Å². The SMILES string of the molecule is O=C(NC1CCNCC1)c1ccc(-n2ccc(C(F)(F)F)n2)cc1. The first-order valence-corrected chi connectivity index (χ1v) is 7.68. The van der Waals surface area contributed by atoms with Crippen LogP contribution in [0.3, 0.4) is 0 Å². The third-order valence-corrected chi connectivity index (χ3v) is 3.95. The predicted octanol–water partition coefficient (Wildman–Crippen LogP) is 2.37. The van der Waals surface area contributed by atoms with Gasteiger partial charge in [0, 0.05) is 17.8 Å². The molecule has 0 radical (unpaired) electrons. The molecule has 3 rings (SSSR count). The van der Waals surface area contributed by atoms with Crippen LogP contribution in [-0.4, -0.2) is 34.8 Å². The summed E-state index contributed by atoms with van der Waals surface area (Å²) in [4.78, 5) is 12.2. The molecule has 1 saturated heterocycles. The van der Waals surface area contributed by atoms with Crippen LogP contribution in [0.25, 0.3) is 5.69 Å². The Kier molecular flexibility index (Phi) is 4.57. The van der Waals surface area contributed by atoms with E-state index in [4.69, 9.17) is 0 Å². The summed E-state index contributed by atoms with van der Waals surface area (Å²) in [5.74, 6) is -0.176. The van der Waals surface area contributed by atoms with Crippen LogP contribution in [0.15, 0.2) is 36.5 Å². The molecule has 0 spiro atoms. The number of benzene rings is 1. The molecule has 2 N–H and O–H groups in total. The number of carbonyl (C=O) groups is 1. The van der Waals surface area contributed by atoms with Crippen molar-refractivity contribution in [3.8, 4) is 5.69 Å². The number of hydrogen-bond donors (Lipinski definition) is 2. The van der Waals surface area contributed by atoms with Crippen molar-refractivity contribution < 1.29 is 18.0 Å². The van der Waals surface area contributed by atoms with Crippen LogP contribution in [0.4, 0.5) is 13.2 Å². The molecule has 0 aliphatic carbocycles. The van der Waals surface area contributed by atoms with Gasteiger partial charge in [0.2, 0.25) is 0 Å². The van der Waals surface area contributed by atoms with Crippen LogP contribution in [0, 0.1) is 0 Å². The quantitative estimate of drug-likeness (QED) is 0.903. The molecule has 24 heavy (non-hydrogen) atoms. The Hall–Kier alpha value is -2.35. The van der Waals surface area contributed by atoms with Gasteiger partial charge in [0.1, 0.15) is 0 Å². The molecule has 1 aromatic carbocycles. The Balaban J connectivity index is 1.68. The molecule has 0 unspecified atom stereocenters.